The van der Waals surface area contributed by atoms with Crippen molar-refractivity contribution in [1.29, 1.82) is 0 Å². The fourth-order valence-electron chi connectivity index (χ4n) is 2.83. The Balaban J connectivity index is 1.77. The average molecular weight is 360 g/mol. The predicted molar refractivity (Wildman–Crippen MR) is 96.6 cm³/mol. The lowest BCUT2D eigenvalue weighted by atomic mass is 10.2. The number of amides is 1. The van der Waals surface area contributed by atoms with Gasteiger partial charge < -0.3 is 10.2 Å². The molecule has 0 bridgehead atoms. The van der Waals surface area contributed by atoms with Crippen molar-refractivity contribution in [3.05, 3.63) is 47.9 Å². The molecule has 0 radical (unpaired) electrons. The Bertz CT molecular complexity index is 898. The zero-order chi connectivity index (χ0) is 18.0. The first-order valence-electron chi connectivity index (χ1n) is 7.98. The molecule has 1 saturated heterocycles. The summed E-state index contributed by atoms with van der Waals surface area (Å²) >= 11 is 0. The number of anilines is 2. The molecular formula is C17H20N4O3S. The predicted octanol–water partition coefficient (Wildman–Crippen LogP) is 1.66. The van der Waals surface area contributed by atoms with Crippen molar-refractivity contribution in [1.82, 2.24) is 9.97 Å². The van der Waals surface area contributed by atoms with Crippen molar-refractivity contribution in [3.63, 3.8) is 0 Å². The van der Waals surface area contributed by atoms with Crippen LogP contribution in [0.3, 0.4) is 0 Å². The number of carbonyl (C=O) groups excluding carboxylic acids is 1. The highest BCUT2D eigenvalue weighted by Gasteiger charge is 2.31. The second-order valence-electron chi connectivity index (χ2n) is 6.20. The lowest BCUT2D eigenvalue weighted by Gasteiger charge is -2.24. The zero-order valence-corrected chi connectivity index (χ0v) is 15.0. The molecule has 1 amide bonds. The number of hydrogen-bond acceptors (Lipinski definition) is 6. The Morgan fingerprint density at radius 2 is 2.04 bits per heavy atom. The highest BCUT2D eigenvalue weighted by Crippen LogP contribution is 2.22. The second kappa shape index (κ2) is 6.79. The van der Waals surface area contributed by atoms with Crippen molar-refractivity contribution in [3.8, 4) is 0 Å². The van der Waals surface area contributed by atoms with E-state index in [0.717, 1.165) is 11.3 Å². The van der Waals surface area contributed by atoms with Gasteiger partial charge in [0.1, 0.15) is 17.8 Å². The summed E-state index contributed by atoms with van der Waals surface area (Å²) in [6, 6.07) is 8.94. The van der Waals surface area contributed by atoms with Gasteiger partial charge in [-0.15, -0.1) is 0 Å². The van der Waals surface area contributed by atoms with E-state index >= 15 is 0 Å². The van der Waals surface area contributed by atoms with Crippen LogP contribution in [0.1, 0.15) is 22.5 Å². The zero-order valence-electron chi connectivity index (χ0n) is 14.1. The van der Waals surface area contributed by atoms with Gasteiger partial charge in [0.25, 0.3) is 5.91 Å². The lowest BCUT2D eigenvalue weighted by Crippen LogP contribution is -2.33. The number of nitrogens with zero attached hydrogens (tertiary/aromatic N) is 3. The molecule has 25 heavy (non-hydrogen) atoms. The van der Waals surface area contributed by atoms with E-state index in [0.29, 0.717) is 12.2 Å². The second-order valence-corrected chi connectivity index (χ2v) is 8.43. The molecule has 1 aromatic heterocycles. The number of aryl methyl sites for hydroxylation is 1. The number of nitrogens with one attached hydrogen (secondary N) is 1. The molecule has 1 atom stereocenters. The number of carbonyl (C=O) groups is 1. The van der Waals surface area contributed by atoms with E-state index in [9.17, 15) is 13.2 Å². The Morgan fingerprint density at radius 1 is 1.28 bits per heavy atom. The molecule has 1 aliphatic heterocycles. The number of rotatable bonds is 4. The van der Waals surface area contributed by atoms with Gasteiger partial charge in [0.05, 0.1) is 11.5 Å². The molecule has 0 aliphatic carbocycles. The van der Waals surface area contributed by atoms with Crippen LogP contribution >= 0.6 is 0 Å². The Hall–Kier alpha value is -2.48. The molecule has 1 aliphatic rings. The largest absolute Gasteiger partial charge is 0.356 e. The van der Waals surface area contributed by atoms with Gasteiger partial charge >= 0.3 is 0 Å². The van der Waals surface area contributed by atoms with Crippen molar-refractivity contribution < 1.29 is 13.2 Å². The van der Waals surface area contributed by atoms with Crippen molar-refractivity contribution in [2.75, 3.05) is 28.8 Å². The van der Waals surface area contributed by atoms with Gasteiger partial charge in [-0.25, -0.2) is 18.4 Å². The maximum Gasteiger partial charge on any atom is 0.274 e. The summed E-state index contributed by atoms with van der Waals surface area (Å²) in [4.78, 5) is 22.5. The van der Waals surface area contributed by atoms with Crippen molar-refractivity contribution in [2.24, 2.45) is 0 Å². The summed E-state index contributed by atoms with van der Waals surface area (Å²) in [6.07, 6.45) is 1.88. The minimum Gasteiger partial charge on any atom is -0.356 e. The van der Waals surface area contributed by atoms with E-state index in [-0.39, 0.29) is 29.1 Å². The molecule has 0 spiro atoms. The molecule has 3 rings (SSSR count). The van der Waals surface area contributed by atoms with Crippen molar-refractivity contribution >= 4 is 27.2 Å². The lowest BCUT2D eigenvalue weighted by molar-refractivity contribution is 0.102. The van der Waals surface area contributed by atoms with Crippen molar-refractivity contribution in [2.45, 2.75) is 19.4 Å². The molecule has 8 heteroatoms. The topological polar surface area (TPSA) is 92.3 Å². The fraction of sp³-hybridized carbons (Fsp3) is 0.353. The molecule has 0 saturated carbocycles. The Kier molecular flexibility index (Phi) is 4.71. The number of aromatic nitrogens is 2. The van der Waals surface area contributed by atoms with Crippen LogP contribution in [0.25, 0.3) is 0 Å². The summed E-state index contributed by atoms with van der Waals surface area (Å²) < 4.78 is 23.3. The maximum absolute atomic E-state index is 12.4. The van der Waals surface area contributed by atoms with E-state index in [4.69, 9.17) is 0 Å². The SMILES string of the molecule is Cc1ccccc1NC(=O)c1cc(N(C)C2CCS(=O)(=O)C2)ncn1. The molecule has 7 nitrogen and oxygen atoms in total. The minimum atomic E-state index is -2.98. The third kappa shape index (κ3) is 3.96. The summed E-state index contributed by atoms with van der Waals surface area (Å²) in [5, 5.41) is 2.83. The van der Waals surface area contributed by atoms with E-state index in [1.165, 1.54) is 6.33 Å². The van der Waals surface area contributed by atoms with Gasteiger partial charge in [-0.2, -0.15) is 0 Å². The van der Waals surface area contributed by atoms with Crippen LogP contribution < -0.4 is 10.2 Å². The molecule has 132 valence electrons. The van der Waals surface area contributed by atoms with Gasteiger partial charge in [0.15, 0.2) is 9.84 Å². The van der Waals surface area contributed by atoms with Crippen LogP contribution in [-0.4, -0.2) is 48.9 Å². The molecule has 2 heterocycles. The van der Waals surface area contributed by atoms with Crippen LogP contribution in [0, 0.1) is 6.92 Å². The summed E-state index contributed by atoms with van der Waals surface area (Å²) in [7, 11) is -1.20. The van der Waals surface area contributed by atoms with E-state index in [1.807, 2.05) is 31.2 Å². The fourth-order valence-corrected chi connectivity index (χ4v) is 4.61. The highest BCUT2D eigenvalue weighted by molar-refractivity contribution is 7.91. The first-order chi connectivity index (χ1) is 11.9. The molecule has 1 fully saturated rings. The van der Waals surface area contributed by atoms with Crippen LogP contribution in [0.4, 0.5) is 11.5 Å². The van der Waals surface area contributed by atoms with Crippen LogP contribution in [0.5, 0.6) is 0 Å². The van der Waals surface area contributed by atoms with Crippen LogP contribution in [0.15, 0.2) is 36.7 Å². The molecular weight excluding hydrogens is 340 g/mol. The number of para-hydroxylation sites is 1. The normalized spacial score (nSPS) is 18.7. The molecule has 1 aromatic carbocycles. The van der Waals surface area contributed by atoms with Gasteiger partial charge in [-0.3, -0.25) is 4.79 Å². The van der Waals surface area contributed by atoms with Crippen LogP contribution in [-0.2, 0) is 9.84 Å². The smallest absolute Gasteiger partial charge is 0.274 e. The third-order valence-corrected chi connectivity index (χ3v) is 6.15. The van der Waals surface area contributed by atoms with Crippen LogP contribution in [0.2, 0.25) is 0 Å². The molecule has 1 unspecified atom stereocenters. The molecule has 2 aromatic rings. The maximum atomic E-state index is 12.4. The minimum absolute atomic E-state index is 0.109. The van der Waals surface area contributed by atoms with Gasteiger partial charge in [-0.05, 0) is 25.0 Å². The first-order valence-corrected chi connectivity index (χ1v) is 9.80. The number of sulfone groups is 1. The van der Waals surface area contributed by atoms with E-state index < -0.39 is 9.84 Å². The van der Waals surface area contributed by atoms with E-state index in [2.05, 4.69) is 15.3 Å². The summed E-state index contributed by atoms with van der Waals surface area (Å²) in [5.74, 6) is 0.504. The van der Waals surface area contributed by atoms with Gasteiger partial charge in [0, 0.05) is 24.8 Å². The Labute approximate surface area is 147 Å². The Morgan fingerprint density at radius 3 is 2.72 bits per heavy atom. The van der Waals surface area contributed by atoms with Gasteiger partial charge in [0.2, 0.25) is 0 Å². The summed E-state index contributed by atoms with van der Waals surface area (Å²) in [6.45, 7) is 1.91. The highest BCUT2D eigenvalue weighted by atomic mass is 32.2. The average Bonchev–Trinajstić information content (AvgIpc) is 2.96. The van der Waals surface area contributed by atoms with Gasteiger partial charge in [-0.1, -0.05) is 18.2 Å². The third-order valence-electron chi connectivity index (χ3n) is 4.40. The first kappa shape index (κ1) is 17.3. The van der Waals surface area contributed by atoms with E-state index in [1.54, 1.807) is 18.0 Å². The summed E-state index contributed by atoms with van der Waals surface area (Å²) in [5.41, 5.74) is 1.92. The monoisotopic (exact) mass is 360 g/mol. The quantitative estimate of drug-likeness (QED) is 0.891. The molecule has 1 N–H and O–H groups in total. The number of benzene rings is 1. The number of hydrogen-bond donors (Lipinski definition) is 1. The standard InChI is InChI=1S/C17H20N4O3S/c1-12-5-3-4-6-14(12)20-17(22)15-9-16(19-11-18-15)21(2)13-7-8-25(23,24)10-13/h3-6,9,11,13H,7-8,10H2,1-2H3,(H,20,22).